The molecular formula is C39H46N6O8. The number of ether oxygens (including phenoxy) is 2. The minimum atomic E-state index is -1.95. The second-order valence-corrected chi connectivity index (χ2v) is 14.3. The maximum Gasteiger partial charge on any atom is 0.355 e. The van der Waals surface area contributed by atoms with E-state index in [0.717, 1.165) is 72.9 Å². The first kappa shape index (κ1) is 36.3. The third-order valence-corrected chi connectivity index (χ3v) is 11.2. The molecule has 0 unspecified atom stereocenters. The van der Waals surface area contributed by atoms with Gasteiger partial charge < -0.3 is 34.7 Å². The van der Waals surface area contributed by atoms with Gasteiger partial charge in [-0.15, -0.1) is 0 Å². The standard InChI is InChI=1S/C39H46N6O8/c1-3-5-9-17-43-22-41-27-13-10-14-28-33(27)35(43)24-20-44-30(34(24)42-28)18-26-25(36(44)48)21-52-38(51)39(26,4-2)53-32(47)16-15-29(37(49)50)45(31(46)19-40)23-11-7-6-8-12-23/h10,13-14,18,22-23,29H,3-9,11-12,15-17,19-21,40H2,1-2H3,(H,49,50)/t29-,39-/m0/s1. The van der Waals surface area contributed by atoms with Crippen molar-refractivity contribution >= 4 is 52.4 Å². The summed E-state index contributed by atoms with van der Waals surface area (Å²) in [6.45, 7) is 4.18. The van der Waals surface area contributed by atoms with Gasteiger partial charge in [0.25, 0.3) is 5.56 Å². The van der Waals surface area contributed by atoms with Crippen LogP contribution in [0.15, 0.2) is 34.1 Å². The summed E-state index contributed by atoms with van der Waals surface area (Å²) in [5, 5.41) is 11.1. The molecule has 1 aliphatic carbocycles. The number of pyridine rings is 2. The number of unbranched alkanes of at least 4 members (excludes halogenated alkanes) is 2. The number of fused-ring (bicyclic) bond motifs is 5. The van der Waals surface area contributed by atoms with E-state index in [0.29, 0.717) is 24.2 Å². The highest BCUT2D eigenvalue weighted by Gasteiger charge is 2.51. The fraction of sp³-hybridized carbons (Fsp3) is 0.513. The van der Waals surface area contributed by atoms with Crippen LogP contribution >= 0.6 is 0 Å². The molecule has 0 spiro atoms. The van der Waals surface area contributed by atoms with Crippen molar-refractivity contribution < 1.29 is 33.8 Å². The van der Waals surface area contributed by atoms with Crippen molar-refractivity contribution in [2.75, 3.05) is 18.0 Å². The van der Waals surface area contributed by atoms with E-state index in [-0.39, 0.29) is 55.3 Å². The number of nitrogens with two attached hydrogens (primary N) is 1. The lowest BCUT2D eigenvalue weighted by Gasteiger charge is -2.38. The molecule has 3 aliphatic heterocycles. The fourth-order valence-electron chi connectivity index (χ4n) is 8.54. The number of esters is 2. The number of carbonyl (C=O) groups excluding carboxylic acids is 3. The zero-order valence-electron chi connectivity index (χ0n) is 30.3. The van der Waals surface area contributed by atoms with E-state index in [4.69, 9.17) is 25.2 Å². The van der Waals surface area contributed by atoms with Gasteiger partial charge in [-0.3, -0.25) is 14.4 Å². The van der Waals surface area contributed by atoms with Gasteiger partial charge in [-0.25, -0.2) is 19.6 Å². The number of aromatic nitrogens is 2. The molecule has 2 aromatic heterocycles. The van der Waals surface area contributed by atoms with Gasteiger partial charge in [-0.2, -0.15) is 0 Å². The molecule has 1 amide bonds. The van der Waals surface area contributed by atoms with Crippen molar-refractivity contribution in [1.82, 2.24) is 14.5 Å². The number of aliphatic imine (C=N–C) groups is 1. The molecule has 1 saturated carbocycles. The molecule has 280 valence electrons. The first-order valence-electron chi connectivity index (χ1n) is 18.8. The second kappa shape index (κ2) is 14.7. The number of carbonyl (C=O) groups is 4. The molecule has 5 heterocycles. The van der Waals surface area contributed by atoms with Crippen LogP contribution in [0.2, 0.25) is 0 Å². The molecule has 53 heavy (non-hydrogen) atoms. The largest absolute Gasteiger partial charge is 0.480 e. The Bertz CT molecular complexity index is 2070. The lowest BCUT2D eigenvalue weighted by molar-refractivity contribution is -0.189. The van der Waals surface area contributed by atoms with E-state index in [1.807, 2.05) is 24.5 Å². The minimum absolute atomic E-state index is 0.0377. The maximum absolute atomic E-state index is 14.3. The van der Waals surface area contributed by atoms with Crippen molar-refractivity contribution in [2.45, 2.75) is 115 Å². The van der Waals surface area contributed by atoms with Gasteiger partial charge in [-0.05, 0) is 50.3 Å². The minimum Gasteiger partial charge on any atom is -0.480 e. The highest BCUT2D eigenvalue weighted by Crippen LogP contribution is 2.47. The number of carboxylic acid groups (broad SMARTS) is 1. The van der Waals surface area contributed by atoms with E-state index < -0.39 is 41.9 Å². The average molecular weight is 727 g/mol. The van der Waals surface area contributed by atoms with Crippen LogP contribution in [0.4, 0.5) is 11.4 Å². The molecule has 1 aromatic carbocycles. The number of hydrogen-bond donors (Lipinski definition) is 2. The van der Waals surface area contributed by atoms with Crippen molar-refractivity contribution in [3.05, 3.63) is 51.3 Å². The summed E-state index contributed by atoms with van der Waals surface area (Å²) in [6, 6.07) is 5.89. The molecule has 1 fully saturated rings. The first-order valence-corrected chi connectivity index (χ1v) is 18.8. The Morgan fingerprint density at radius 1 is 1.13 bits per heavy atom. The molecule has 0 saturated heterocycles. The van der Waals surface area contributed by atoms with Crippen LogP contribution in [0.5, 0.6) is 0 Å². The van der Waals surface area contributed by atoms with Gasteiger partial charge in [0, 0.05) is 30.1 Å². The Morgan fingerprint density at radius 2 is 1.92 bits per heavy atom. The number of rotatable bonds is 13. The zero-order valence-corrected chi connectivity index (χ0v) is 30.3. The Morgan fingerprint density at radius 3 is 2.64 bits per heavy atom. The summed E-state index contributed by atoms with van der Waals surface area (Å²) in [6.07, 6.45) is 8.29. The summed E-state index contributed by atoms with van der Waals surface area (Å²) >= 11 is 0. The Hall–Kier alpha value is -5.11. The molecule has 3 aromatic rings. The monoisotopic (exact) mass is 726 g/mol. The highest BCUT2D eigenvalue weighted by molar-refractivity contribution is 6.11. The van der Waals surface area contributed by atoms with E-state index in [1.54, 1.807) is 17.6 Å². The van der Waals surface area contributed by atoms with E-state index in [2.05, 4.69) is 11.8 Å². The number of amides is 1. The number of benzene rings is 1. The van der Waals surface area contributed by atoms with Gasteiger partial charge >= 0.3 is 17.9 Å². The lowest BCUT2D eigenvalue weighted by atomic mass is 9.85. The number of nitrogens with zero attached hydrogens (tertiary/aromatic N) is 5. The van der Waals surface area contributed by atoms with Crippen molar-refractivity contribution in [2.24, 2.45) is 10.7 Å². The predicted octanol–water partition coefficient (Wildman–Crippen LogP) is 4.65. The van der Waals surface area contributed by atoms with E-state index >= 15 is 0 Å². The van der Waals surface area contributed by atoms with Crippen LogP contribution in [0.1, 0.15) is 101 Å². The summed E-state index contributed by atoms with van der Waals surface area (Å²) in [5.41, 5.74) is 8.26. The van der Waals surface area contributed by atoms with Crippen LogP contribution in [0.25, 0.3) is 22.3 Å². The summed E-state index contributed by atoms with van der Waals surface area (Å²) in [7, 11) is 0. The molecule has 0 radical (unpaired) electrons. The van der Waals surface area contributed by atoms with Gasteiger partial charge in [-0.1, -0.05) is 52.0 Å². The molecule has 2 atom stereocenters. The molecule has 14 heteroatoms. The second-order valence-electron chi connectivity index (χ2n) is 14.3. The van der Waals surface area contributed by atoms with Crippen molar-refractivity contribution in [3.63, 3.8) is 0 Å². The number of aliphatic carboxylic acids is 1. The summed E-state index contributed by atoms with van der Waals surface area (Å²) in [5.74, 6) is -3.41. The number of cyclic esters (lactones) is 1. The smallest absolute Gasteiger partial charge is 0.355 e. The third kappa shape index (κ3) is 6.26. The van der Waals surface area contributed by atoms with Crippen LogP contribution in [-0.4, -0.2) is 74.9 Å². The predicted molar refractivity (Wildman–Crippen MR) is 197 cm³/mol. The maximum atomic E-state index is 14.3. The lowest BCUT2D eigenvalue weighted by Crippen LogP contribution is -2.53. The summed E-state index contributed by atoms with van der Waals surface area (Å²) < 4.78 is 13.2. The molecule has 0 bridgehead atoms. The van der Waals surface area contributed by atoms with Crippen LogP contribution < -0.4 is 16.2 Å². The van der Waals surface area contributed by atoms with Gasteiger partial charge in [0.15, 0.2) is 0 Å². The SMILES string of the molecule is CCCCCN1C=Nc2cccc3nc4c(c1c23)Cn1c-4cc2c(c1=O)COC(=O)[C@@]2(CC)OC(=O)CC[C@@H](C(=O)O)N(C(=O)CN)C1CCCCC1. The third-order valence-electron chi connectivity index (χ3n) is 11.2. The molecule has 14 nitrogen and oxygen atoms in total. The van der Waals surface area contributed by atoms with Gasteiger partial charge in [0.05, 0.1) is 58.7 Å². The van der Waals surface area contributed by atoms with Gasteiger partial charge in [0.1, 0.15) is 12.6 Å². The molecule has 7 rings (SSSR count). The van der Waals surface area contributed by atoms with Crippen molar-refractivity contribution in [3.8, 4) is 11.4 Å². The molecular weight excluding hydrogens is 680 g/mol. The van der Waals surface area contributed by atoms with Crippen LogP contribution in [-0.2, 0) is 47.4 Å². The average Bonchev–Trinajstić information content (AvgIpc) is 3.54. The van der Waals surface area contributed by atoms with Crippen molar-refractivity contribution in [1.29, 1.82) is 0 Å². The number of anilines is 1. The topological polar surface area (TPSA) is 187 Å². The quantitative estimate of drug-likeness (QED) is 0.144. The van der Waals surface area contributed by atoms with E-state index in [1.165, 1.54) is 4.90 Å². The zero-order chi connectivity index (χ0) is 37.4. The number of hydrogen-bond acceptors (Lipinski definition) is 11. The Labute approximate surface area is 307 Å². The van der Waals surface area contributed by atoms with Crippen LogP contribution in [0, 0.1) is 0 Å². The first-order chi connectivity index (χ1) is 25.6. The fourth-order valence-corrected chi connectivity index (χ4v) is 8.54. The number of carboxylic acids is 1. The summed E-state index contributed by atoms with van der Waals surface area (Å²) in [4.78, 5) is 80.3. The molecule has 3 N–H and O–H groups in total. The van der Waals surface area contributed by atoms with Gasteiger partial charge in [0.2, 0.25) is 11.5 Å². The van der Waals surface area contributed by atoms with E-state index in [9.17, 15) is 29.1 Å². The molecule has 4 aliphatic rings. The Kier molecular flexibility index (Phi) is 10.1. The normalized spacial score (nSPS) is 19.3. The highest BCUT2D eigenvalue weighted by atomic mass is 16.6. The van der Waals surface area contributed by atoms with Crippen LogP contribution in [0.3, 0.4) is 0 Å². The Balaban J connectivity index is 1.23.